The van der Waals surface area contributed by atoms with E-state index in [2.05, 4.69) is 10.5 Å². The molecule has 0 unspecified atom stereocenters. The minimum Gasteiger partial charge on any atom is -0.360 e. The van der Waals surface area contributed by atoms with E-state index in [4.69, 9.17) is 4.52 Å². The van der Waals surface area contributed by atoms with Crippen LogP contribution in [-0.2, 0) is 20.6 Å². The van der Waals surface area contributed by atoms with Crippen molar-refractivity contribution in [3.8, 4) is 0 Å². The summed E-state index contributed by atoms with van der Waals surface area (Å²) in [6.07, 6.45) is 0. The van der Waals surface area contributed by atoms with Gasteiger partial charge in [-0.1, -0.05) is 17.3 Å². The van der Waals surface area contributed by atoms with Gasteiger partial charge in [-0.15, -0.1) is 11.8 Å². The molecule has 1 N–H and O–H groups in total. The fourth-order valence-corrected chi connectivity index (χ4v) is 3.76. The van der Waals surface area contributed by atoms with Crippen LogP contribution in [0.15, 0.2) is 39.8 Å². The molecule has 0 radical (unpaired) electrons. The van der Waals surface area contributed by atoms with Gasteiger partial charge in [-0.2, -0.15) is 0 Å². The van der Waals surface area contributed by atoms with E-state index in [0.29, 0.717) is 17.3 Å². The van der Waals surface area contributed by atoms with Crippen molar-refractivity contribution in [1.29, 1.82) is 0 Å². The van der Waals surface area contributed by atoms with Crippen LogP contribution in [0.25, 0.3) is 0 Å². The summed E-state index contributed by atoms with van der Waals surface area (Å²) >= 11 is 1.41. The Hall–Kier alpha value is -1.84. The largest absolute Gasteiger partial charge is 0.360 e. The fourth-order valence-electron chi connectivity index (χ4n) is 1.96. The molecular weight excluding hydrogens is 362 g/mol. The van der Waals surface area contributed by atoms with E-state index in [0.717, 1.165) is 5.56 Å². The number of hydrogen-bond donors (Lipinski definition) is 1. The molecule has 1 heterocycles. The van der Waals surface area contributed by atoms with Gasteiger partial charge in [0.05, 0.1) is 10.1 Å². The number of aromatic nitrogens is 1. The van der Waals surface area contributed by atoms with Crippen molar-refractivity contribution >= 4 is 33.5 Å². The number of aryl methyl sites for hydroxylation is 1. The van der Waals surface area contributed by atoms with Crippen LogP contribution in [0.3, 0.4) is 0 Å². The summed E-state index contributed by atoms with van der Waals surface area (Å²) in [6.45, 7) is 3.53. The van der Waals surface area contributed by atoms with Gasteiger partial charge in [0.15, 0.2) is 5.82 Å². The highest BCUT2D eigenvalue weighted by atomic mass is 32.2. The summed E-state index contributed by atoms with van der Waals surface area (Å²) in [6, 6.07) is 8.38. The number of anilines is 1. The van der Waals surface area contributed by atoms with Gasteiger partial charge in [-0.25, -0.2) is 12.7 Å². The molecule has 0 saturated carbocycles. The fraction of sp³-hybridized carbons (Fsp3) is 0.375. The van der Waals surface area contributed by atoms with E-state index >= 15 is 0 Å². The number of hydrogen-bond acceptors (Lipinski definition) is 6. The lowest BCUT2D eigenvalue weighted by atomic mass is 10.2. The molecule has 1 aromatic carbocycles. The maximum atomic E-state index is 12.2. The Morgan fingerprint density at radius 3 is 2.68 bits per heavy atom. The lowest BCUT2D eigenvalue weighted by molar-refractivity contribution is -0.115. The summed E-state index contributed by atoms with van der Waals surface area (Å²) in [5.41, 5.74) is 0.838. The second kappa shape index (κ2) is 8.03. The molecule has 0 aliphatic rings. The van der Waals surface area contributed by atoms with Crippen LogP contribution in [0, 0.1) is 6.92 Å². The molecule has 9 heteroatoms. The first-order valence-corrected chi connectivity index (χ1v) is 10.1. The highest BCUT2D eigenvalue weighted by molar-refractivity contribution is 7.99. The van der Waals surface area contributed by atoms with Crippen molar-refractivity contribution in [3.05, 3.63) is 41.7 Å². The molecule has 0 bridgehead atoms. The number of carbonyl (C=O) groups is 1. The number of nitrogens with one attached hydrogen (secondary N) is 1. The van der Waals surface area contributed by atoms with Gasteiger partial charge < -0.3 is 9.84 Å². The summed E-state index contributed by atoms with van der Waals surface area (Å²) in [5.74, 6) is 1.34. The summed E-state index contributed by atoms with van der Waals surface area (Å²) in [7, 11) is -0.477. The Bertz CT molecular complexity index is 847. The zero-order valence-corrected chi connectivity index (χ0v) is 16.1. The van der Waals surface area contributed by atoms with E-state index in [1.165, 1.54) is 30.2 Å². The molecule has 2 aromatic rings. The average molecular weight is 383 g/mol. The Labute approximate surface area is 151 Å². The lowest BCUT2D eigenvalue weighted by Crippen LogP contribution is -2.23. The molecule has 25 heavy (non-hydrogen) atoms. The third-order valence-corrected chi connectivity index (χ3v) is 6.45. The number of nitrogens with zero attached hydrogens (tertiary/aromatic N) is 2. The summed E-state index contributed by atoms with van der Waals surface area (Å²) in [5, 5.41) is 6.08. The quantitative estimate of drug-likeness (QED) is 0.790. The number of amides is 1. The van der Waals surface area contributed by atoms with Gasteiger partial charge in [0.1, 0.15) is 5.76 Å². The van der Waals surface area contributed by atoms with Crippen LogP contribution in [-0.4, -0.2) is 43.1 Å². The zero-order valence-electron chi connectivity index (χ0n) is 14.5. The SMILES string of the molecule is Cc1cc(NC(=O)[C@H](C)SCc2cccc(S(=O)(=O)N(C)C)c2)no1. The molecule has 136 valence electrons. The van der Waals surface area contributed by atoms with E-state index in [1.54, 1.807) is 38.1 Å². The molecule has 2 rings (SSSR count). The first kappa shape index (κ1) is 19.5. The number of thioether (sulfide) groups is 1. The average Bonchev–Trinajstić information content (AvgIpc) is 2.97. The van der Waals surface area contributed by atoms with Gasteiger partial charge >= 0.3 is 0 Å². The first-order valence-electron chi connectivity index (χ1n) is 7.57. The predicted molar refractivity (Wildman–Crippen MR) is 97.9 cm³/mol. The summed E-state index contributed by atoms with van der Waals surface area (Å²) in [4.78, 5) is 12.4. The third kappa shape index (κ3) is 5.07. The van der Waals surface area contributed by atoms with Crippen molar-refractivity contribution < 1.29 is 17.7 Å². The second-order valence-electron chi connectivity index (χ2n) is 5.70. The third-order valence-electron chi connectivity index (χ3n) is 3.43. The highest BCUT2D eigenvalue weighted by Crippen LogP contribution is 2.22. The number of benzene rings is 1. The van der Waals surface area contributed by atoms with E-state index in [-0.39, 0.29) is 16.1 Å². The molecule has 0 aliphatic carbocycles. The first-order chi connectivity index (χ1) is 11.7. The normalized spacial score (nSPS) is 13.0. The van der Waals surface area contributed by atoms with Crippen LogP contribution >= 0.6 is 11.8 Å². The van der Waals surface area contributed by atoms with Crippen LogP contribution in [0.5, 0.6) is 0 Å². The van der Waals surface area contributed by atoms with Crippen molar-refractivity contribution in [1.82, 2.24) is 9.46 Å². The molecule has 1 aromatic heterocycles. The van der Waals surface area contributed by atoms with Gasteiger partial charge in [0.2, 0.25) is 15.9 Å². The Morgan fingerprint density at radius 1 is 1.36 bits per heavy atom. The highest BCUT2D eigenvalue weighted by Gasteiger charge is 2.18. The van der Waals surface area contributed by atoms with Gasteiger partial charge in [-0.3, -0.25) is 4.79 Å². The van der Waals surface area contributed by atoms with E-state index in [9.17, 15) is 13.2 Å². The van der Waals surface area contributed by atoms with Gasteiger partial charge in [0.25, 0.3) is 0 Å². The molecule has 0 saturated heterocycles. The van der Waals surface area contributed by atoms with Crippen molar-refractivity contribution in [3.63, 3.8) is 0 Å². The minimum atomic E-state index is -3.47. The molecule has 0 aliphatic heterocycles. The van der Waals surface area contributed by atoms with Crippen LogP contribution < -0.4 is 5.32 Å². The molecular formula is C16H21N3O4S2. The monoisotopic (exact) mass is 383 g/mol. The van der Waals surface area contributed by atoms with E-state index in [1.807, 2.05) is 6.07 Å². The smallest absolute Gasteiger partial charge is 0.242 e. The number of rotatable bonds is 7. The molecule has 0 fully saturated rings. The maximum Gasteiger partial charge on any atom is 0.242 e. The van der Waals surface area contributed by atoms with E-state index < -0.39 is 10.0 Å². The van der Waals surface area contributed by atoms with Gasteiger partial charge in [0, 0.05) is 25.9 Å². The Balaban J connectivity index is 1.97. The zero-order chi connectivity index (χ0) is 18.6. The second-order valence-corrected chi connectivity index (χ2v) is 9.18. The number of carbonyl (C=O) groups excluding carboxylic acids is 1. The Kier molecular flexibility index (Phi) is 6.26. The van der Waals surface area contributed by atoms with Crippen molar-refractivity contribution in [2.45, 2.75) is 29.7 Å². The lowest BCUT2D eigenvalue weighted by Gasteiger charge is -2.13. The van der Waals surface area contributed by atoms with Crippen molar-refractivity contribution in [2.75, 3.05) is 19.4 Å². The Morgan fingerprint density at radius 2 is 2.08 bits per heavy atom. The van der Waals surface area contributed by atoms with Crippen molar-refractivity contribution in [2.24, 2.45) is 0 Å². The topological polar surface area (TPSA) is 92.5 Å². The summed E-state index contributed by atoms with van der Waals surface area (Å²) < 4.78 is 30.4. The molecule has 1 atom stereocenters. The van der Waals surface area contributed by atoms with Crippen LogP contribution in [0.4, 0.5) is 5.82 Å². The van der Waals surface area contributed by atoms with Crippen LogP contribution in [0.1, 0.15) is 18.2 Å². The molecule has 1 amide bonds. The molecule has 0 spiro atoms. The predicted octanol–water partition coefficient (Wildman–Crippen LogP) is 2.49. The standard InChI is InChI=1S/C16H21N3O4S2/c1-11-8-15(18-23-11)17-16(20)12(2)24-10-13-6-5-7-14(9-13)25(21,22)19(3)4/h5-9,12H,10H2,1-4H3,(H,17,18,20)/t12-/m0/s1. The van der Waals surface area contributed by atoms with Crippen LogP contribution in [0.2, 0.25) is 0 Å². The minimum absolute atomic E-state index is 0.185. The number of sulfonamides is 1. The molecule has 7 nitrogen and oxygen atoms in total. The van der Waals surface area contributed by atoms with Gasteiger partial charge in [-0.05, 0) is 31.5 Å². The maximum absolute atomic E-state index is 12.2.